The number of nitrogens with zero attached hydrogens (tertiary/aromatic N) is 3. The Morgan fingerprint density at radius 3 is 2.67 bits per heavy atom. The maximum atomic E-state index is 5.61. The van der Waals surface area contributed by atoms with E-state index in [2.05, 4.69) is 21.8 Å². The molecule has 1 aromatic rings. The topological polar surface area (TPSA) is 55.0 Å². The van der Waals surface area contributed by atoms with Gasteiger partial charge >= 0.3 is 0 Å². The van der Waals surface area contributed by atoms with Crippen LogP contribution in [0.25, 0.3) is 0 Å². The van der Waals surface area contributed by atoms with E-state index in [0.29, 0.717) is 5.82 Å². The molecule has 15 heavy (non-hydrogen) atoms. The summed E-state index contributed by atoms with van der Waals surface area (Å²) < 4.78 is 0. The molecule has 5 heteroatoms. The molecule has 0 atom stereocenters. The minimum atomic E-state index is 0. The van der Waals surface area contributed by atoms with Gasteiger partial charge in [-0.3, -0.25) is 4.98 Å². The molecule has 0 bridgehead atoms. The average Bonchev–Trinajstić information content (AvgIpc) is 2.39. The highest BCUT2D eigenvalue weighted by molar-refractivity contribution is 5.85. The molecule has 2 N–H and O–H groups in total. The Bertz CT molecular complexity index is 329. The minimum Gasteiger partial charge on any atom is -0.382 e. The van der Waals surface area contributed by atoms with Crippen molar-refractivity contribution < 1.29 is 0 Å². The molecule has 0 saturated carbocycles. The molecule has 1 aromatic heterocycles. The summed E-state index contributed by atoms with van der Waals surface area (Å²) in [5.41, 5.74) is 7.82. The van der Waals surface area contributed by atoms with E-state index in [1.54, 1.807) is 6.20 Å². The Labute approximate surface area is 96.3 Å². The Kier molecular flexibility index (Phi) is 4.29. The zero-order valence-electron chi connectivity index (χ0n) is 8.94. The van der Waals surface area contributed by atoms with Crippen molar-refractivity contribution in [3.8, 4) is 0 Å². The van der Waals surface area contributed by atoms with E-state index >= 15 is 0 Å². The quantitative estimate of drug-likeness (QED) is 0.776. The maximum Gasteiger partial charge on any atom is 0.142 e. The summed E-state index contributed by atoms with van der Waals surface area (Å²) in [6, 6.07) is 0. The number of fused-ring (bicyclic) bond motifs is 1. The second kappa shape index (κ2) is 5.28. The van der Waals surface area contributed by atoms with Gasteiger partial charge in [-0.05, 0) is 6.54 Å². The maximum absolute atomic E-state index is 5.61. The van der Waals surface area contributed by atoms with Crippen LogP contribution in [0.1, 0.15) is 18.3 Å². The van der Waals surface area contributed by atoms with Crippen LogP contribution >= 0.6 is 12.4 Å². The molecule has 1 aliphatic rings. The molecule has 0 saturated heterocycles. The number of nitrogen functional groups attached to an aromatic ring is 1. The second-order valence-electron chi connectivity index (χ2n) is 3.62. The van der Waals surface area contributed by atoms with Crippen molar-refractivity contribution in [2.24, 2.45) is 0 Å². The van der Waals surface area contributed by atoms with Gasteiger partial charge < -0.3 is 10.6 Å². The molecule has 0 spiro atoms. The summed E-state index contributed by atoms with van der Waals surface area (Å²) in [5.74, 6) is 0.536. The molecule has 0 amide bonds. The van der Waals surface area contributed by atoms with Gasteiger partial charge in [-0.25, -0.2) is 4.98 Å². The minimum absolute atomic E-state index is 0. The second-order valence-corrected chi connectivity index (χ2v) is 3.62. The lowest BCUT2D eigenvalue weighted by atomic mass is 10.2. The highest BCUT2D eigenvalue weighted by Crippen LogP contribution is 2.12. The Hall–Kier alpha value is -0.870. The van der Waals surface area contributed by atoms with Gasteiger partial charge in [-0.1, -0.05) is 6.92 Å². The van der Waals surface area contributed by atoms with E-state index in [1.165, 1.54) is 0 Å². The van der Waals surface area contributed by atoms with Crippen molar-refractivity contribution in [2.45, 2.75) is 19.8 Å². The van der Waals surface area contributed by atoms with Crippen molar-refractivity contribution in [1.29, 1.82) is 0 Å². The Morgan fingerprint density at radius 1 is 1.33 bits per heavy atom. The fourth-order valence-corrected chi connectivity index (χ4v) is 1.83. The van der Waals surface area contributed by atoms with Crippen LogP contribution in [-0.2, 0) is 12.8 Å². The van der Waals surface area contributed by atoms with E-state index in [0.717, 1.165) is 43.9 Å². The fourth-order valence-electron chi connectivity index (χ4n) is 1.83. The third-order valence-electron chi connectivity index (χ3n) is 2.73. The van der Waals surface area contributed by atoms with Crippen molar-refractivity contribution in [3.05, 3.63) is 17.6 Å². The standard InChI is InChI=1S/C10H16N4.ClH/c1-2-14-5-3-8-9(4-6-14)13-10(11)7-12-8;/h7H,2-6H2,1H3,(H2,11,13);1H. The SMILES string of the molecule is CCN1CCc2ncc(N)nc2CC1.Cl. The largest absolute Gasteiger partial charge is 0.382 e. The Balaban J connectivity index is 0.00000112. The van der Waals surface area contributed by atoms with Crippen LogP contribution in [0.5, 0.6) is 0 Å². The van der Waals surface area contributed by atoms with E-state index in [4.69, 9.17) is 5.73 Å². The van der Waals surface area contributed by atoms with Crippen LogP contribution in [0.4, 0.5) is 5.82 Å². The first kappa shape index (κ1) is 12.2. The third kappa shape index (κ3) is 2.79. The van der Waals surface area contributed by atoms with Crippen LogP contribution in [0, 0.1) is 0 Å². The van der Waals surface area contributed by atoms with Gasteiger partial charge in [-0.2, -0.15) is 0 Å². The first-order valence-corrected chi connectivity index (χ1v) is 5.12. The van der Waals surface area contributed by atoms with Gasteiger partial charge in [-0.15, -0.1) is 12.4 Å². The van der Waals surface area contributed by atoms with Crippen LogP contribution < -0.4 is 5.73 Å². The molecule has 84 valence electrons. The van der Waals surface area contributed by atoms with Crippen molar-refractivity contribution >= 4 is 18.2 Å². The number of hydrogen-bond acceptors (Lipinski definition) is 4. The molecule has 0 fully saturated rings. The van der Waals surface area contributed by atoms with Gasteiger partial charge in [0.15, 0.2) is 0 Å². The zero-order chi connectivity index (χ0) is 9.97. The summed E-state index contributed by atoms with van der Waals surface area (Å²) in [7, 11) is 0. The van der Waals surface area contributed by atoms with Gasteiger partial charge in [0.25, 0.3) is 0 Å². The molecule has 0 aromatic carbocycles. The van der Waals surface area contributed by atoms with Gasteiger partial charge in [0.1, 0.15) is 5.82 Å². The summed E-state index contributed by atoms with van der Waals surface area (Å²) in [6.45, 7) is 5.44. The average molecular weight is 229 g/mol. The first-order chi connectivity index (χ1) is 6.79. The van der Waals surface area contributed by atoms with Gasteiger partial charge in [0, 0.05) is 25.9 Å². The molecule has 0 aliphatic carbocycles. The fraction of sp³-hybridized carbons (Fsp3) is 0.600. The third-order valence-corrected chi connectivity index (χ3v) is 2.73. The van der Waals surface area contributed by atoms with Gasteiger partial charge in [0.05, 0.1) is 17.6 Å². The highest BCUT2D eigenvalue weighted by atomic mass is 35.5. The molecular formula is C10H17ClN4. The molecular weight excluding hydrogens is 212 g/mol. The number of nitrogens with two attached hydrogens (primary N) is 1. The Morgan fingerprint density at radius 2 is 2.00 bits per heavy atom. The van der Waals surface area contributed by atoms with Crippen LogP contribution in [0.2, 0.25) is 0 Å². The van der Waals surface area contributed by atoms with E-state index in [-0.39, 0.29) is 12.4 Å². The van der Waals surface area contributed by atoms with Gasteiger partial charge in [0.2, 0.25) is 0 Å². The molecule has 2 rings (SSSR count). The lowest BCUT2D eigenvalue weighted by Crippen LogP contribution is -2.25. The van der Waals surface area contributed by atoms with Crippen molar-refractivity contribution in [1.82, 2.24) is 14.9 Å². The summed E-state index contributed by atoms with van der Waals surface area (Å²) in [5, 5.41) is 0. The summed E-state index contributed by atoms with van der Waals surface area (Å²) >= 11 is 0. The van der Waals surface area contributed by atoms with E-state index < -0.39 is 0 Å². The molecule has 0 radical (unpaired) electrons. The molecule has 1 aliphatic heterocycles. The lowest BCUT2D eigenvalue weighted by molar-refractivity contribution is 0.302. The number of likely N-dealkylation sites (N-methyl/N-ethyl adjacent to an activating group) is 1. The predicted octanol–water partition coefficient (Wildman–Crippen LogP) is 0.901. The number of rotatable bonds is 1. The smallest absolute Gasteiger partial charge is 0.142 e. The normalized spacial score (nSPS) is 16.3. The van der Waals surface area contributed by atoms with Crippen molar-refractivity contribution in [2.75, 3.05) is 25.4 Å². The summed E-state index contributed by atoms with van der Waals surface area (Å²) in [6.07, 6.45) is 3.62. The monoisotopic (exact) mass is 228 g/mol. The predicted molar refractivity (Wildman–Crippen MR) is 63.2 cm³/mol. The highest BCUT2D eigenvalue weighted by Gasteiger charge is 2.14. The van der Waals surface area contributed by atoms with Crippen molar-refractivity contribution in [3.63, 3.8) is 0 Å². The number of anilines is 1. The van der Waals surface area contributed by atoms with Crippen LogP contribution in [-0.4, -0.2) is 34.5 Å². The van der Waals surface area contributed by atoms with E-state index in [9.17, 15) is 0 Å². The molecule has 0 unspecified atom stereocenters. The molecule has 2 heterocycles. The van der Waals surface area contributed by atoms with E-state index in [1.807, 2.05) is 0 Å². The van der Waals surface area contributed by atoms with Crippen LogP contribution in [0.15, 0.2) is 6.20 Å². The zero-order valence-corrected chi connectivity index (χ0v) is 9.76. The lowest BCUT2D eigenvalue weighted by Gasteiger charge is -2.15. The summed E-state index contributed by atoms with van der Waals surface area (Å²) in [4.78, 5) is 11.1. The number of hydrogen-bond donors (Lipinski definition) is 1. The number of aromatic nitrogens is 2. The first-order valence-electron chi connectivity index (χ1n) is 5.12. The van der Waals surface area contributed by atoms with Crippen LogP contribution in [0.3, 0.4) is 0 Å². The number of halogens is 1. The molecule has 4 nitrogen and oxygen atoms in total.